The highest BCUT2D eigenvalue weighted by Gasteiger charge is 2.11. The summed E-state index contributed by atoms with van der Waals surface area (Å²) in [5.41, 5.74) is 4.75. The zero-order chi connectivity index (χ0) is 19.0. The number of anilines is 1. The van der Waals surface area contributed by atoms with Gasteiger partial charge in [-0.2, -0.15) is 4.98 Å². The molecule has 0 aliphatic rings. The molecule has 4 rings (SSSR count). The van der Waals surface area contributed by atoms with Gasteiger partial charge in [0.25, 0.3) is 5.91 Å². The number of carbonyl (C=O) groups excluding carboxylic acids is 1. The van der Waals surface area contributed by atoms with Crippen LogP contribution in [-0.2, 0) is 0 Å². The number of hydrogen-bond donors (Lipinski definition) is 2. The SMILES string of the molecule is Cc1cc(-c2ccc3nc(NC(=O)c4ccccc4)nn3c2)cc(C)c1O. The van der Waals surface area contributed by atoms with Crippen molar-refractivity contribution in [1.29, 1.82) is 0 Å². The predicted molar refractivity (Wildman–Crippen MR) is 104 cm³/mol. The molecule has 6 nitrogen and oxygen atoms in total. The summed E-state index contributed by atoms with van der Waals surface area (Å²) in [7, 11) is 0. The van der Waals surface area contributed by atoms with Gasteiger partial charge in [-0.3, -0.25) is 10.1 Å². The fourth-order valence-electron chi connectivity index (χ4n) is 2.99. The van der Waals surface area contributed by atoms with Gasteiger partial charge in [-0.15, -0.1) is 5.10 Å². The largest absolute Gasteiger partial charge is 0.507 e. The van der Waals surface area contributed by atoms with Gasteiger partial charge in [0.05, 0.1) is 0 Å². The maximum Gasteiger partial charge on any atom is 0.258 e. The van der Waals surface area contributed by atoms with Gasteiger partial charge in [0.15, 0.2) is 5.65 Å². The predicted octanol–water partition coefficient (Wildman–Crippen LogP) is 3.97. The van der Waals surface area contributed by atoms with Crippen molar-refractivity contribution < 1.29 is 9.90 Å². The van der Waals surface area contributed by atoms with E-state index < -0.39 is 0 Å². The zero-order valence-corrected chi connectivity index (χ0v) is 15.0. The molecule has 134 valence electrons. The third-order valence-electron chi connectivity index (χ3n) is 4.42. The number of phenols is 1. The van der Waals surface area contributed by atoms with E-state index in [1.807, 2.05) is 50.4 Å². The summed E-state index contributed by atoms with van der Waals surface area (Å²) >= 11 is 0. The van der Waals surface area contributed by atoms with Crippen LogP contribution in [0.1, 0.15) is 21.5 Å². The molecule has 0 atom stereocenters. The number of phenolic OH excluding ortho intramolecular Hbond substituents is 1. The van der Waals surface area contributed by atoms with Gasteiger partial charge in [0.1, 0.15) is 5.75 Å². The molecule has 0 saturated heterocycles. The average Bonchev–Trinajstić information content (AvgIpc) is 3.07. The standard InChI is InChI=1S/C21H18N4O2/c1-13-10-17(11-14(2)19(13)26)16-8-9-18-22-21(24-25(18)12-16)23-20(27)15-6-4-3-5-7-15/h3-12,26H,1-2H3,(H,23,24,27). The number of aromatic hydroxyl groups is 1. The number of aryl methyl sites for hydroxylation is 2. The molecule has 0 unspecified atom stereocenters. The molecule has 0 bridgehead atoms. The Hall–Kier alpha value is -3.67. The molecule has 1 amide bonds. The smallest absolute Gasteiger partial charge is 0.258 e. The number of aromatic nitrogens is 3. The van der Waals surface area contributed by atoms with Crippen LogP contribution < -0.4 is 5.32 Å². The van der Waals surface area contributed by atoms with Crippen molar-refractivity contribution in [3.63, 3.8) is 0 Å². The van der Waals surface area contributed by atoms with Crippen molar-refractivity contribution in [2.24, 2.45) is 0 Å². The Morgan fingerprint density at radius 2 is 1.70 bits per heavy atom. The van der Waals surface area contributed by atoms with Crippen molar-refractivity contribution in [3.8, 4) is 16.9 Å². The summed E-state index contributed by atoms with van der Waals surface area (Å²) in [6.45, 7) is 3.74. The molecule has 0 aliphatic carbocycles. The number of benzene rings is 2. The molecule has 2 heterocycles. The molecule has 6 heteroatoms. The Labute approximate surface area is 156 Å². The van der Waals surface area contributed by atoms with Gasteiger partial charge in [-0.05, 0) is 66.9 Å². The summed E-state index contributed by atoms with van der Waals surface area (Å²) in [4.78, 5) is 16.6. The third kappa shape index (κ3) is 3.25. The van der Waals surface area contributed by atoms with Crippen LogP contribution in [0.15, 0.2) is 60.8 Å². The molecule has 0 fully saturated rings. The second-order valence-electron chi connectivity index (χ2n) is 6.43. The number of pyridine rings is 1. The van der Waals surface area contributed by atoms with Gasteiger partial charge in [-0.25, -0.2) is 4.52 Å². The molecular weight excluding hydrogens is 340 g/mol. The second-order valence-corrected chi connectivity index (χ2v) is 6.43. The van der Waals surface area contributed by atoms with E-state index in [4.69, 9.17) is 0 Å². The van der Waals surface area contributed by atoms with E-state index in [-0.39, 0.29) is 11.9 Å². The Balaban J connectivity index is 1.65. The molecule has 27 heavy (non-hydrogen) atoms. The van der Waals surface area contributed by atoms with E-state index in [1.54, 1.807) is 28.8 Å². The summed E-state index contributed by atoms with van der Waals surface area (Å²) in [6, 6.07) is 16.6. The lowest BCUT2D eigenvalue weighted by molar-refractivity contribution is 0.102. The Bertz CT molecular complexity index is 1130. The van der Waals surface area contributed by atoms with E-state index in [0.717, 1.165) is 22.3 Å². The molecule has 0 spiro atoms. The first-order valence-electron chi connectivity index (χ1n) is 8.55. The van der Waals surface area contributed by atoms with E-state index >= 15 is 0 Å². The number of nitrogens with one attached hydrogen (secondary N) is 1. The normalized spacial score (nSPS) is 10.9. The van der Waals surface area contributed by atoms with Crippen molar-refractivity contribution in [1.82, 2.24) is 14.6 Å². The van der Waals surface area contributed by atoms with Crippen LogP contribution in [0.5, 0.6) is 5.75 Å². The third-order valence-corrected chi connectivity index (χ3v) is 4.42. The van der Waals surface area contributed by atoms with Crippen LogP contribution in [0.4, 0.5) is 5.95 Å². The van der Waals surface area contributed by atoms with Crippen LogP contribution in [0.25, 0.3) is 16.8 Å². The second kappa shape index (κ2) is 6.57. The van der Waals surface area contributed by atoms with E-state index in [0.29, 0.717) is 17.0 Å². The number of nitrogens with zero attached hydrogens (tertiary/aromatic N) is 3. The quantitative estimate of drug-likeness (QED) is 0.581. The maximum atomic E-state index is 12.3. The topological polar surface area (TPSA) is 79.5 Å². The zero-order valence-electron chi connectivity index (χ0n) is 15.0. The van der Waals surface area contributed by atoms with Gasteiger partial charge in [0, 0.05) is 17.3 Å². The lowest BCUT2D eigenvalue weighted by Crippen LogP contribution is -2.12. The Kier molecular flexibility index (Phi) is 4.08. The number of carbonyl (C=O) groups is 1. The maximum absolute atomic E-state index is 12.3. The molecular formula is C21H18N4O2. The van der Waals surface area contributed by atoms with Gasteiger partial charge < -0.3 is 5.11 Å². The lowest BCUT2D eigenvalue weighted by atomic mass is 10.0. The van der Waals surface area contributed by atoms with Crippen molar-refractivity contribution >= 4 is 17.5 Å². The summed E-state index contributed by atoms with van der Waals surface area (Å²) < 4.78 is 1.63. The van der Waals surface area contributed by atoms with E-state index in [9.17, 15) is 9.90 Å². The minimum Gasteiger partial charge on any atom is -0.507 e. The molecule has 0 aliphatic heterocycles. The van der Waals surface area contributed by atoms with Crippen molar-refractivity contribution in [2.45, 2.75) is 13.8 Å². The number of hydrogen-bond acceptors (Lipinski definition) is 4. The molecule has 4 aromatic rings. The minimum atomic E-state index is -0.253. The van der Waals surface area contributed by atoms with Gasteiger partial charge in [-0.1, -0.05) is 18.2 Å². The van der Waals surface area contributed by atoms with Crippen LogP contribution in [0.2, 0.25) is 0 Å². The minimum absolute atomic E-state index is 0.249. The first-order chi connectivity index (χ1) is 13.0. The first-order valence-corrected chi connectivity index (χ1v) is 8.55. The van der Waals surface area contributed by atoms with Crippen LogP contribution >= 0.6 is 0 Å². The molecule has 2 aromatic heterocycles. The highest BCUT2D eigenvalue weighted by molar-refractivity contribution is 6.03. The molecule has 0 saturated carbocycles. The average molecular weight is 358 g/mol. The van der Waals surface area contributed by atoms with Crippen molar-refractivity contribution in [2.75, 3.05) is 5.32 Å². The van der Waals surface area contributed by atoms with Gasteiger partial charge in [0.2, 0.25) is 5.95 Å². The summed E-state index contributed by atoms with van der Waals surface area (Å²) in [5, 5.41) is 17.0. The highest BCUT2D eigenvalue weighted by atomic mass is 16.3. The van der Waals surface area contributed by atoms with Crippen LogP contribution in [0.3, 0.4) is 0 Å². The summed E-state index contributed by atoms with van der Waals surface area (Å²) in [5.74, 6) is 0.307. The highest BCUT2D eigenvalue weighted by Crippen LogP contribution is 2.29. The molecule has 0 radical (unpaired) electrons. The number of rotatable bonds is 3. The number of fused-ring (bicyclic) bond motifs is 1. The van der Waals surface area contributed by atoms with E-state index in [2.05, 4.69) is 15.4 Å². The molecule has 2 N–H and O–H groups in total. The fraction of sp³-hybridized carbons (Fsp3) is 0.0952. The Morgan fingerprint density at radius 1 is 1.00 bits per heavy atom. The molecule has 2 aromatic carbocycles. The Morgan fingerprint density at radius 3 is 2.41 bits per heavy atom. The van der Waals surface area contributed by atoms with Crippen LogP contribution in [0, 0.1) is 13.8 Å². The fourth-order valence-corrected chi connectivity index (χ4v) is 2.99. The summed E-state index contributed by atoms with van der Waals surface area (Å²) in [6.07, 6.45) is 1.85. The van der Waals surface area contributed by atoms with Crippen molar-refractivity contribution in [3.05, 3.63) is 77.5 Å². The monoisotopic (exact) mass is 358 g/mol. The van der Waals surface area contributed by atoms with Crippen LogP contribution in [-0.4, -0.2) is 25.6 Å². The lowest BCUT2D eigenvalue weighted by Gasteiger charge is -2.08. The van der Waals surface area contributed by atoms with E-state index in [1.165, 1.54) is 0 Å². The van der Waals surface area contributed by atoms with Gasteiger partial charge >= 0.3 is 0 Å². The first kappa shape index (κ1) is 16.8. The number of amides is 1.